The van der Waals surface area contributed by atoms with Crippen molar-refractivity contribution in [3.8, 4) is 5.75 Å². The van der Waals surface area contributed by atoms with Crippen LogP contribution in [0.25, 0.3) is 11.0 Å². The van der Waals surface area contributed by atoms with E-state index in [-0.39, 0.29) is 43.0 Å². The molecule has 1 aromatic heterocycles. The minimum absolute atomic E-state index is 0.0496. The van der Waals surface area contributed by atoms with E-state index in [0.717, 1.165) is 22.2 Å². The number of esters is 1. The summed E-state index contributed by atoms with van der Waals surface area (Å²) in [6, 6.07) is 26.2. The molecule has 1 saturated heterocycles. The van der Waals surface area contributed by atoms with E-state index in [2.05, 4.69) is 0 Å². The molecule has 10 nitrogen and oxygen atoms in total. The molecule has 2 aliphatic rings. The van der Waals surface area contributed by atoms with Crippen LogP contribution in [0.4, 0.5) is 13.2 Å². The van der Waals surface area contributed by atoms with Crippen molar-refractivity contribution in [1.29, 1.82) is 0 Å². The van der Waals surface area contributed by atoms with Crippen LogP contribution in [-0.4, -0.2) is 66.1 Å². The van der Waals surface area contributed by atoms with Gasteiger partial charge in [0.15, 0.2) is 6.61 Å². The standard InChI is InChI=1S/C38H33Cl2F3N4O6S/c39-25-6-1-22(2-7-25)35(23-3-8-26(40)9-4-23)24-5-14-31-32(19-24)47(36(45-31)30-20-33(30)53-37(49)38(41,42)43)27-15-17-46(18-16-27)54(50,51)29-12-10-28(11-13-29)52-21-34(44)48/h1-14,19,27,30,33,35H,15-18,20-21H2,(H2,44,48). The van der Waals surface area contributed by atoms with E-state index in [0.29, 0.717) is 40.0 Å². The summed E-state index contributed by atoms with van der Waals surface area (Å²) in [6.07, 6.45) is -5.21. The van der Waals surface area contributed by atoms with Gasteiger partial charge in [0.2, 0.25) is 10.0 Å². The highest BCUT2D eigenvalue weighted by Gasteiger charge is 2.51. The second-order valence-corrected chi connectivity index (χ2v) is 16.1. The molecule has 1 aliphatic carbocycles. The molecular formula is C38H33Cl2F3N4O6S. The van der Waals surface area contributed by atoms with Gasteiger partial charge >= 0.3 is 12.1 Å². The number of fused-ring (bicyclic) bond motifs is 1. The van der Waals surface area contributed by atoms with Gasteiger partial charge in [0.05, 0.1) is 21.8 Å². The zero-order valence-electron chi connectivity index (χ0n) is 28.4. The van der Waals surface area contributed by atoms with Gasteiger partial charge in [0.25, 0.3) is 5.91 Å². The minimum Gasteiger partial charge on any atom is -0.484 e. The van der Waals surface area contributed by atoms with Crippen LogP contribution in [0.5, 0.6) is 5.75 Å². The van der Waals surface area contributed by atoms with Crippen molar-refractivity contribution < 1.29 is 40.7 Å². The van der Waals surface area contributed by atoms with Crippen molar-refractivity contribution in [3.05, 3.63) is 124 Å². The number of primary amides is 1. The van der Waals surface area contributed by atoms with Crippen LogP contribution in [0.3, 0.4) is 0 Å². The van der Waals surface area contributed by atoms with Gasteiger partial charge in [0.1, 0.15) is 17.7 Å². The molecule has 4 aromatic carbocycles. The number of rotatable bonds is 11. The highest BCUT2D eigenvalue weighted by molar-refractivity contribution is 7.89. The van der Waals surface area contributed by atoms with Crippen LogP contribution < -0.4 is 10.5 Å². The van der Waals surface area contributed by atoms with Gasteiger partial charge in [-0.05, 0) is 96.6 Å². The summed E-state index contributed by atoms with van der Waals surface area (Å²) in [5, 5.41) is 1.16. The molecule has 0 spiro atoms. The third-order valence-electron chi connectivity index (χ3n) is 9.67. The van der Waals surface area contributed by atoms with Gasteiger partial charge in [0, 0.05) is 35.1 Å². The Hall–Kier alpha value is -4.63. The van der Waals surface area contributed by atoms with Crippen LogP contribution in [-0.2, 0) is 24.3 Å². The number of benzene rings is 4. The molecule has 0 radical (unpaired) electrons. The fourth-order valence-electron chi connectivity index (χ4n) is 6.97. The molecule has 2 atom stereocenters. The zero-order chi connectivity index (χ0) is 38.4. The second-order valence-electron chi connectivity index (χ2n) is 13.3. The number of piperidine rings is 1. The fraction of sp³-hybridized carbons (Fsp3) is 0.289. The predicted octanol–water partition coefficient (Wildman–Crippen LogP) is 7.37. The normalized spacial score (nSPS) is 18.2. The molecule has 16 heteroatoms. The molecule has 1 saturated carbocycles. The van der Waals surface area contributed by atoms with Gasteiger partial charge in [-0.1, -0.05) is 53.5 Å². The van der Waals surface area contributed by atoms with Gasteiger partial charge < -0.3 is 19.8 Å². The Morgan fingerprint density at radius 3 is 2.00 bits per heavy atom. The Bertz CT molecular complexity index is 2250. The first-order chi connectivity index (χ1) is 25.7. The van der Waals surface area contributed by atoms with Crippen molar-refractivity contribution >= 4 is 56.1 Å². The lowest BCUT2D eigenvalue weighted by Crippen LogP contribution is -2.39. The van der Waals surface area contributed by atoms with Gasteiger partial charge in [-0.3, -0.25) is 4.79 Å². The number of ether oxygens (including phenoxy) is 2. The molecule has 1 aliphatic heterocycles. The molecule has 282 valence electrons. The Labute approximate surface area is 318 Å². The van der Waals surface area contributed by atoms with Gasteiger partial charge in [-0.2, -0.15) is 17.5 Å². The van der Waals surface area contributed by atoms with Crippen molar-refractivity contribution in [2.45, 2.75) is 54.3 Å². The van der Waals surface area contributed by atoms with Crippen molar-refractivity contribution in [3.63, 3.8) is 0 Å². The number of nitrogens with two attached hydrogens (primary N) is 1. The van der Waals surface area contributed by atoms with Gasteiger partial charge in [-0.15, -0.1) is 0 Å². The predicted molar refractivity (Wildman–Crippen MR) is 195 cm³/mol. The first-order valence-electron chi connectivity index (χ1n) is 17.0. The maximum atomic E-state index is 13.6. The molecule has 1 amide bonds. The molecule has 2 heterocycles. The van der Waals surface area contributed by atoms with Crippen molar-refractivity contribution in [2.75, 3.05) is 19.7 Å². The molecule has 7 rings (SSSR count). The van der Waals surface area contributed by atoms with Crippen LogP contribution in [0.2, 0.25) is 10.0 Å². The zero-order valence-corrected chi connectivity index (χ0v) is 30.7. The monoisotopic (exact) mass is 800 g/mol. The number of halogens is 5. The SMILES string of the molecule is NC(=O)COc1ccc(S(=O)(=O)N2CCC(n3c(C4CC4OC(=O)C(F)(F)F)nc4ccc(C(c5ccc(Cl)cc5)c5ccc(Cl)cc5)cc43)CC2)cc1. The summed E-state index contributed by atoms with van der Waals surface area (Å²) in [5.41, 5.74) is 9.26. The van der Waals surface area contributed by atoms with E-state index < -0.39 is 40.1 Å². The third-order valence-corrected chi connectivity index (χ3v) is 12.1. The lowest BCUT2D eigenvalue weighted by Gasteiger charge is -2.33. The topological polar surface area (TPSA) is 134 Å². The minimum atomic E-state index is -5.13. The largest absolute Gasteiger partial charge is 0.490 e. The quantitative estimate of drug-likeness (QED) is 0.109. The van der Waals surface area contributed by atoms with E-state index >= 15 is 0 Å². The summed E-state index contributed by atoms with van der Waals surface area (Å²) in [6.45, 7) is -0.0383. The number of imidazole rings is 1. The summed E-state index contributed by atoms with van der Waals surface area (Å²) in [4.78, 5) is 27.7. The van der Waals surface area contributed by atoms with E-state index in [1.165, 1.54) is 28.6 Å². The molecule has 0 bridgehead atoms. The number of alkyl halides is 3. The maximum absolute atomic E-state index is 13.6. The lowest BCUT2D eigenvalue weighted by molar-refractivity contribution is -0.201. The number of carbonyl (C=O) groups excluding carboxylic acids is 2. The molecular weight excluding hydrogens is 768 g/mol. The van der Waals surface area contributed by atoms with Gasteiger partial charge in [-0.25, -0.2) is 18.2 Å². The Morgan fingerprint density at radius 2 is 1.44 bits per heavy atom. The van der Waals surface area contributed by atoms with Crippen LogP contribution in [0, 0.1) is 0 Å². The molecule has 2 unspecified atom stereocenters. The number of amides is 1. The average molecular weight is 802 g/mol. The number of hydrogen-bond donors (Lipinski definition) is 1. The smallest absolute Gasteiger partial charge is 0.484 e. The van der Waals surface area contributed by atoms with Crippen LogP contribution in [0.15, 0.2) is 95.9 Å². The van der Waals surface area contributed by atoms with E-state index in [1.807, 2.05) is 71.3 Å². The van der Waals surface area contributed by atoms with Crippen LogP contribution >= 0.6 is 23.2 Å². The number of hydrogen-bond acceptors (Lipinski definition) is 7. The molecule has 54 heavy (non-hydrogen) atoms. The maximum Gasteiger partial charge on any atom is 0.490 e. The first-order valence-corrected chi connectivity index (χ1v) is 19.2. The van der Waals surface area contributed by atoms with E-state index in [1.54, 1.807) is 0 Å². The summed E-state index contributed by atoms with van der Waals surface area (Å²) >= 11 is 12.5. The van der Waals surface area contributed by atoms with E-state index in [9.17, 15) is 31.2 Å². The number of sulfonamides is 1. The van der Waals surface area contributed by atoms with Crippen molar-refractivity contribution in [1.82, 2.24) is 13.9 Å². The third kappa shape index (κ3) is 7.92. The number of nitrogens with zero attached hydrogens (tertiary/aromatic N) is 3. The number of carbonyl (C=O) groups is 2. The Balaban J connectivity index is 1.22. The molecule has 2 fully saturated rings. The summed E-state index contributed by atoms with van der Waals surface area (Å²) in [5.74, 6) is -2.98. The second kappa shape index (κ2) is 14.9. The first kappa shape index (κ1) is 37.7. The van der Waals surface area contributed by atoms with Crippen LogP contribution in [0.1, 0.15) is 59.7 Å². The summed E-state index contributed by atoms with van der Waals surface area (Å²) < 4.78 is 80.0. The highest BCUT2D eigenvalue weighted by Crippen LogP contribution is 2.47. The Kier molecular flexibility index (Phi) is 10.4. The van der Waals surface area contributed by atoms with Crippen molar-refractivity contribution in [2.24, 2.45) is 5.73 Å². The van der Waals surface area contributed by atoms with E-state index in [4.69, 9.17) is 43.4 Å². The lowest BCUT2D eigenvalue weighted by atomic mass is 9.85. The highest BCUT2D eigenvalue weighted by atomic mass is 35.5. The fourth-order valence-corrected chi connectivity index (χ4v) is 8.69. The summed E-state index contributed by atoms with van der Waals surface area (Å²) in [7, 11) is -3.90. The average Bonchev–Trinajstić information content (AvgIpc) is 3.81. The molecule has 2 N–H and O–H groups in total. The molecule has 5 aromatic rings. The number of aromatic nitrogens is 2. The Morgan fingerprint density at radius 1 is 0.870 bits per heavy atom.